The lowest BCUT2D eigenvalue weighted by atomic mass is 10.2. The Morgan fingerprint density at radius 1 is 1.32 bits per heavy atom. The van der Waals surface area contributed by atoms with Crippen LogP contribution in [0, 0.1) is 0 Å². The normalized spacial score (nSPS) is 11.3. The van der Waals surface area contributed by atoms with Gasteiger partial charge in [0.25, 0.3) is 0 Å². The van der Waals surface area contributed by atoms with E-state index in [1.54, 1.807) is 6.92 Å². The Bertz CT molecular complexity index is 640. The van der Waals surface area contributed by atoms with Crippen molar-refractivity contribution in [1.29, 1.82) is 0 Å². The predicted molar refractivity (Wildman–Crippen MR) is 68.5 cm³/mol. The van der Waals surface area contributed by atoms with Crippen LogP contribution in [0.25, 0.3) is 11.4 Å². The van der Waals surface area contributed by atoms with Gasteiger partial charge in [0.2, 0.25) is 5.82 Å². The number of amides is 2. The van der Waals surface area contributed by atoms with E-state index in [-0.39, 0.29) is 5.82 Å². The molecule has 2 aromatic rings. The van der Waals surface area contributed by atoms with Crippen molar-refractivity contribution in [2.75, 3.05) is 11.9 Å². The summed E-state index contributed by atoms with van der Waals surface area (Å²) in [5.41, 5.74) is 2.86. The molecular formula is C12H11F3N4O3. The Morgan fingerprint density at radius 2 is 2.00 bits per heavy atom. The Morgan fingerprint density at radius 3 is 2.55 bits per heavy atom. The summed E-state index contributed by atoms with van der Waals surface area (Å²) < 4.78 is 41.2. The average molecular weight is 316 g/mol. The van der Waals surface area contributed by atoms with Crippen molar-refractivity contribution >= 4 is 11.7 Å². The molecule has 0 bridgehead atoms. The maximum atomic E-state index is 12.4. The van der Waals surface area contributed by atoms with Crippen molar-refractivity contribution < 1.29 is 27.3 Å². The molecule has 0 radical (unpaired) electrons. The van der Waals surface area contributed by atoms with Crippen molar-refractivity contribution in [1.82, 2.24) is 15.6 Å². The minimum Gasteiger partial charge on any atom is -0.329 e. The van der Waals surface area contributed by atoms with Crippen LogP contribution in [0.3, 0.4) is 0 Å². The third-order valence-electron chi connectivity index (χ3n) is 2.38. The van der Waals surface area contributed by atoms with Crippen LogP contribution in [-0.4, -0.2) is 22.8 Å². The topological polar surface area (TPSA) is 89.3 Å². The molecule has 2 N–H and O–H groups in total. The largest absolute Gasteiger partial charge is 0.471 e. The number of hydrogen-bond acceptors (Lipinski definition) is 5. The number of rotatable bonds is 4. The smallest absolute Gasteiger partial charge is 0.329 e. The van der Waals surface area contributed by atoms with Crippen molar-refractivity contribution in [2.24, 2.45) is 0 Å². The van der Waals surface area contributed by atoms with E-state index in [9.17, 15) is 18.0 Å². The number of alkyl halides is 3. The number of carbonyl (C=O) groups is 1. The van der Waals surface area contributed by atoms with E-state index in [1.165, 1.54) is 24.3 Å². The Balaban J connectivity index is 2.06. The minimum absolute atomic E-state index is 0.197. The molecule has 1 aromatic heterocycles. The highest BCUT2D eigenvalue weighted by Gasteiger charge is 2.38. The lowest BCUT2D eigenvalue weighted by molar-refractivity contribution is -0.159. The molecule has 7 nitrogen and oxygen atoms in total. The maximum absolute atomic E-state index is 12.4. The summed E-state index contributed by atoms with van der Waals surface area (Å²) >= 11 is 0. The molecule has 0 aliphatic rings. The predicted octanol–water partition coefficient (Wildman–Crippen LogP) is 2.83. The maximum Gasteiger partial charge on any atom is 0.471 e. The molecule has 10 heteroatoms. The monoisotopic (exact) mass is 316 g/mol. The summed E-state index contributed by atoms with van der Waals surface area (Å²) in [6.07, 6.45) is -4.69. The van der Waals surface area contributed by atoms with E-state index in [0.29, 0.717) is 17.9 Å². The highest BCUT2D eigenvalue weighted by atomic mass is 19.4. The van der Waals surface area contributed by atoms with Gasteiger partial charge < -0.3 is 9.84 Å². The Kier molecular flexibility index (Phi) is 4.61. The minimum atomic E-state index is -4.69. The molecule has 2 amide bonds. The van der Waals surface area contributed by atoms with Gasteiger partial charge in [-0.2, -0.15) is 18.2 Å². The first-order chi connectivity index (χ1) is 10.4. The molecule has 1 aromatic carbocycles. The zero-order chi connectivity index (χ0) is 16.2. The number of benzene rings is 1. The van der Waals surface area contributed by atoms with Gasteiger partial charge in [-0.25, -0.2) is 10.3 Å². The first-order valence-corrected chi connectivity index (χ1v) is 6.10. The van der Waals surface area contributed by atoms with Crippen molar-refractivity contribution in [3.8, 4) is 11.4 Å². The highest BCUT2D eigenvalue weighted by molar-refractivity contribution is 5.88. The fraction of sp³-hybridized carbons (Fsp3) is 0.250. The number of hydrogen-bond donors (Lipinski definition) is 2. The number of aromatic nitrogens is 2. The van der Waals surface area contributed by atoms with Gasteiger partial charge in [-0.15, -0.1) is 0 Å². The van der Waals surface area contributed by atoms with Crippen LogP contribution >= 0.6 is 0 Å². The number of halogens is 3. The lowest BCUT2D eigenvalue weighted by Crippen LogP contribution is -2.28. The molecule has 0 atom stereocenters. The number of anilines is 1. The molecule has 0 aliphatic heterocycles. The second-order valence-corrected chi connectivity index (χ2v) is 3.99. The van der Waals surface area contributed by atoms with E-state index < -0.39 is 18.1 Å². The first kappa shape index (κ1) is 15.8. The van der Waals surface area contributed by atoms with Crippen LogP contribution < -0.4 is 10.8 Å². The van der Waals surface area contributed by atoms with Crippen LogP contribution in [0.5, 0.6) is 0 Å². The van der Waals surface area contributed by atoms with E-state index in [2.05, 4.69) is 25.5 Å². The van der Waals surface area contributed by atoms with Gasteiger partial charge in [-0.1, -0.05) is 5.16 Å². The summed E-state index contributed by atoms with van der Waals surface area (Å²) in [6, 6.07) is 5.27. The fourth-order valence-electron chi connectivity index (χ4n) is 1.45. The van der Waals surface area contributed by atoms with E-state index in [1.807, 2.05) is 0 Å². The van der Waals surface area contributed by atoms with Crippen LogP contribution in [0.1, 0.15) is 12.8 Å². The SMILES string of the molecule is CCONC(=O)Nc1ccc(-c2noc(C(F)(F)F)n2)cc1. The molecule has 118 valence electrons. The van der Waals surface area contributed by atoms with Gasteiger partial charge in [0.1, 0.15) is 0 Å². The van der Waals surface area contributed by atoms with Crippen molar-refractivity contribution in [2.45, 2.75) is 13.1 Å². The summed E-state index contributed by atoms with van der Waals surface area (Å²) in [5, 5.41) is 5.72. The molecule has 0 fully saturated rings. The summed E-state index contributed by atoms with van der Waals surface area (Å²) in [7, 11) is 0. The molecule has 0 spiro atoms. The average Bonchev–Trinajstić information content (AvgIpc) is 2.96. The molecule has 1 heterocycles. The van der Waals surface area contributed by atoms with Crippen LogP contribution in [0.15, 0.2) is 28.8 Å². The number of carbonyl (C=O) groups excluding carboxylic acids is 1. The molecule has 0 saturated heterocycles. The van der Waals surface area contributed by atoms with Crippen molar-refractivity contribution in [3.05, 3.63) is 30.2 Å². The molecule has 0 aliphatic carbocycles. The lowest BCUT2D eigenvalue weighted by Gasteiger charge is -2.06. The zero-order valence-electron chi connectivity index (χ0n) is 11.3. The fourth-order valence-corrected chi connectivity index (χ4v) is 1.45. The first-order valence-electron chi connectivity index (χ1n) is 6.10. The van der Waals surface area contributed by atoms with Gasteiger partial charge in [-0.05, 0) is 31.2 Å². The summed E-state index contributed by atoms with van der Waals surface area (Å²) in [6.45, 7) is 2.01. The van der Waals surface area contributed by atoms with Crippen LogP contribution in [0.4, 0.5) is 23.7 Å². The quantitative estimate of drug-likeness (QED) is 0.847. The Labute approximate surface area is 122 Å². The zero-order valence-corrected chi connectivity index (χ0v) is 11.3. The third-order valence-corrected chi connectivity index (χ3v) is 2.38. The van der Waals surface area contributed by atoms with Gasteiger partial charge in [0.15, 0.2) is 0 Å². The van der Waals surface area contributed by atoms with E-state index in [0.717, 1.165) is 0 Å². The summed E-state index contributed by atoms with van der Waals surface area (Å²) in [4.78, 5) is 19.3. The molecular weight excluding hydrogens is 305 g/mol. The third kappa shape index (κ3) is 3.95. The number of urea groups is 1. The number of nitrogens with one attached hydrogen (secondary N) is 2. The van der Waals surface area contributed by atoms with Gasteiger partial charge in [-0.3, -0.25) is 4.84 Å². The van der Waals surface area contributed by atoms with E-state index in [4.69, 9.17) is 4.84 Å². The highest BCUT2D eigenvalue weighted by Crippen LogP contribution is 2.29. The second-order valence-electron chi connectivity index (χ2n) is 3.99. The number of nitrogens with zero attached hydrogens (tertiary/aromatic N) is 2. The molecule has 0 saturated carbocycles. The van der Waals surface area contributed by atoms with Gasteiger partial charge in [0, 0.05) is 11.3 Å². The molecule has 2 rings (SSSR count). The van der Waals surface area contributed by atoms with E-state index >= 15 is 0 Å². The standard InChI is InChI=1S/C12H11F3N4O3/c1-2-21-19-11(20)16-8-5-3-7(4-6-8)9-17-10(22-18-9)12(13,14)15/h3-6H,2H2,1H3,(H2,16,19,20). The number of hydroxylamine groups is 1. The van der Waals surface area contributed by atoms with Gasteiger partial charge >= 0.3 is 18.1 Å². The Hall–Kier alpha value is -2.62. The van der Waals surface area contributed by atoms with Crippen LogP contribution in [0.2, 0.25) is 0 Å². The second kappa shape index (κ2) is 6.43. The van der Waals surface area contributed by atoms with Crippen LogP contribution in [-0.2, 0) is 11.0 Å². The molecule has 22 heavy (non-hydrogen) atoms. The summed E-state index contributed by atoms with van der Waals surface area (Å²) in [5.74, 6) is -1.61. The molecule has 0 unspecified atom stereocenters. The van der Waals surface area contributed by atoms with Gasteiger partial charge in [0.05, 0.1) is 6.61 Å². The van der Waals surface area contributed by atoms with Crippen molar-refractivity contribution in [3.63, 3.8) is 0 Å².